The number of hydrogen-bond acceptors (Lipinski definition) is 1. The van der Waals surface area contributed by atoms with Crippen molar-refractivity contribution in [1.82, 2.24) is 0 Å². The molecule has 3 heteroatoms. The Labute approximate surface area is 48.1 Å². The highest BCUT2D eigenvalue weighted by atomic mass is 16.3. The van der Waals surface area contributed by atoms with Crippen LogP contribution in [0.25, 0.3) is 0 Å². The minimum absolute atomic E-state index is 0.250. The van der Waals surface area contributed by atoms with Gasteiger partial charge in [-0.2, -0.15) is 0 Å². The van der Waals surface area contributed by atoms with Gasteiger partial charge in [0.05, 0.1) is 0 Å². The maximum absolute atomic E-state index is 8.36. The van der Waals surface area contributed by atoms with Crippen LogP contribution in [-0.4, -0.2) is 24.3 Å². The molecule has 2 N–H and O–H groups in total. The fourth-order valence-electron chi connectivity index (χ4n) is 0.510. The standard InChI is InChI=1S/C4H7N.CH2O2/c1-2-4-5-3-1;2-1-3/h3H,1-2,4H2;1H,(H,2,3)/p+1. The molecule has 0 unspecified atom stereocenters. The first kappa shape index (κ1) is 7.14. The minimum Gasteiger partial charge on any atom is -0.483 e. The lowest BCUT2D eigenvalue weighted by Crippen LogP contribution is -2.65. The summed E-state index contributed by atoms with van der Waals surface area (Å²) in [7, 11) is 0. The van der Waals surface area contributed by atoms with E-state index in [2.05, 4.69) is 11.2 Å². The topological polar surface area (TPSA) is 51.3 Å². The van der Waals surface area contributed by atoms with Crippen LogP contribution in [0.2, 0.25) is 0 Å². The zero-order chi connectivity index (χ0) is 6.24. The lowest BCUT2D eigenvalue weighted by Gasteiger charge is -1.61. The van der Waals surface area contributed by atoms with Gasteiger partial charge in [0, 0.05) is 12.8 Å². The summed E-state index contributed by atoms with van der Waals surface area (Å²) in [6, 6.07) is 0. The summed E-state index contributed by atoms with van der Waals surface area (Å²) in [5, 5.41) is 6.89. The minimum atomic E-state index is -0.250. The molecule has 0 fully saturated rings. The van der Waals surface area contributed by atoms with Gasteiger partial charge in [-0.05, 0) is 0 Å². The van der Waals surface area contributed by atoms with Crippen LogP contribution in [0, 0.1) is 0 Å². The van der Waals surface area contributed by atoms with Crippen molar-refractivity contribution in [2.45, 2.75) is 12.8 Å². The van der Waals surface area contributed by atoms with Crippen molar-refractivity contribution in [3.8, 4) is 0 Å². The van der Waals surface area contributed by atoms with E-state index in [-0.39, 0.29) is 6.47 Å². The second-order valence-corrected chi connectivity index (χ2v) is 1.41. The van der Waals surface area contributed by atoms with Gasteiger partial charge in [0.1, 0.15) is 12.8 Å². The molecule has 0 spiro atoms. The number of hydrogen-bond donors (Lipinski definition) is 2. The lowest BCUT2D eigenvalue weighted by molar-refractivity contribution is -0.442. The van der Waals surface area contributed by atoms with E-state index in [1.807, 2.05) is 0 Å². The van der Waals surface area contributed by atoms with Gasteiger partial charge in [-0.1, -0.05) is 0 Å². The molecule has 1 aliphatic rings. The van der Waals surface area contributed by atoms with Gasteiger partial charge < -0.3 is 5.11 Å². The molecule has 1 heterocycles. The van der Waals surface area contributed by atoms with Gasteiger partial charge in [-0.15, -0.1) is 0 Å². The summed E-state index contributed by atoms with van der Waals surface area (Å²) in [6.07, 6.45) is 4.71. The third-order valence-corrected chi connectivity index (χ3v) is 0.814. The predicted octanol–water partition coefficient (Wildman–Crippen LogP) is -1.37. The van der Waals surface area contributed by atoms with Gasteiger partial charge in [0.2, 0.25) is 0 Å². The summed E-state index contributed by atoms with van der Waals surface area (Å²) in [4.78, 5) is 11.5. The zero-order valence-electron chi connectivity index (χ0n) is 4.63. The molecule has 0 aromatic carbocycles. The second-order valence-electron chi connectivity index (χ2n) is 1.41. The normalized spacial score (nSPS) is 14.5. The van der Waals surface area contributed by atoms with Gasteiger partial charge >= 0.3 is 0 Å². The molecule has 0 aliphatic carbocycles. The number of rotatable bonds is 0. The summed E-state index contributed by atoms with van der Waals surface area (Å²) in [5.74, 6) is 0. The summed E-state index contributed by atoms with van der Waals surface area (Å²) in [5.41, 5.74) is 0. The molecule has 0 radical (unpaired) electrons. The Kier molecular flexibility index (Phi) is 5.48. The van der Waals surface area contributed by atoms with Gasteiger partial charge in [0.15, 0.2) is 0 Å². The van der Waals surface area contributed by atoms with E-state index in [1.165, 1.54) is 19.4 Å². The lowest BCUT2D eigenvalue weighted by atomic mass is 10.4. The van der Waals surface area contributed by atoms with Crippen molar-refractivity contribution in [3.63, 3.8) is 0 Å². The van der Waals surface area contributed by atoms with Crippen LogP contribution in [0.5, 0.6) is 0 Å². The third-order valence-electron chi connectivity index (χ3n) is 0.814. The van der Waals surface area contributed by atoms with Crippen molar-refractivity contribution < 1.29 is 14.9 Å². The van der Waals surface area contributed by atoms with Crippen molar-refractivity contribution >= 4 is 12.7 Å². The van der Waals surface area contributed by atoms with Crippen molar-refractivity contribution in [2.75, 3.05) is 6.54 Å². The van der Waals surface area contributed by atoms with Crippen LogP contribution in [-0.2, 0) is 4.79 Å². The van der Waals surface area contributed by atoms with E-state index in [1.54, 1.807) is 0 Å². The fourth-order valence-corrected chi connectivity index (χ4v) is 0.510. The van der Waals surface area contributed by atoms with E-state index in [4.69, 9.17) is 9.90 Å². The molecular formula is C5H10NO2+. The highest BCUT2D eigenvalue weighted by molar-refractivity contribution is 5.50. The first-order chi connectivity index (χ1) is 3.91. The monoisotopic (exact) mass is 116 g/mol. The molecule has 46 valence electrons. The fraction of sp³-hybridized carbons (Fsp3) is 0.600. The van der Waals surface area contributed by atoms with Gasteiger partial charge in [0.25, 0.3) is 6.47 Å². The predicted molar refractivity (Wildman–Crippen MR) is 29.8 cm³/mol. The highest BCUT2D eigenvalue weighted by Gasteiger charge is 1.93. The Morgan fingerprint density at radius 1 is 1.75 bits per heavy atom. The Balaban J connectivity index is 0.000000145. The molecular weight excluding hydrogens is 106 g/mol. The van der Waals surface area contributed by atoms with E-state index in [0.717, 1.165) is 0 Å². The van der Waals surface area contributed by atoms with Crippen LogP contribution < -0.4 is 4.99 Å². The molecule has 0 saturated heterocycles. The smallest absolute Gasteiger partial charge is 0.290 e. The maximum atomic E-state index is 8.36. The van der Waals surface area contributed by atoms with Crippen LogP contribution >= 0.6 is 0 Å². The van der Waals surface area contributed by atoms with Crippen molar-refractivity contribution in [2.24, 2.45) is 0 Å². The zero-order valence-corrected chi connectivity index (χ0v) is 4.63. The Bertz CT molecular complexity index is 74.5. The van der Waals surface area contributed by atoms with E-state index in [9.17, 15) is 0 Å². The molecule has 0 aromatic rings. The van der Waals surface area contributed by atoms with E-state index < -0.39 is 0 Å². The quantitative estimate of drug-likeness (QED) is 0.384. The number of carbonyl (C=O) groups is 1. The summed E-state index contributed by atoms with van der Waals surface area (Å²) >= 11 is 0. The molecule has 0 aromatic heterocycles. The molecule has 3 nitrogen and oxygen atoms in total. The van der Waals surface area contributed by atoms with Gasteiger partial charge in [-0.3, -0.25) is 9.79 Å². The molecule has 0 saturated carbocycles. The number of carboxylic acid groups (broad SMARTS) is 1. The van der Waals surface area contributed by atoms with Crippen molar-refractivity contribution in [1.29, 1.82) is 0 Å². The van der Waals surface area contributed by atoms with Crippen molar-refractivity contribution in [3.05, 3.63) is 0 Å². The molecule has 0 bridgehead atoms. The SMILES string of the molecule is C1=[NH+]CCC1.O=CO. The maximum Gasteiger partial charge on any atom is 0.290 e. The van der Waals surface area contributed by atoms with Crippen LogP contribution in [0.4, 0.5) is 0 Å². The van der Waals surface area contributed by atoms with E-state index >= 15 is 0 Å². The van der Waals surface area contributed by atoms with Gasteiger partial charge in [-0.25, -0.2) is 0 Å². The molecule has 1 aliphatic heterocycles. The number of nitrogens with one attached hydrogen (secondary N) is 1. The average molecular weight is 116 g/mol. The molecule has 1 rings (SSSR count). The largest absolute Gasteiger partial charge is 0.483 e. The summed E-state index contributed by atoms with van der Waals surface area (Å²) in [6.45, 7) is 0.944. The second kappa shape index (κ2) is 6.14. The molecule has 0 amide bonds. The molecule has 8 heavy (non-hydrogen) atoms. The molecule has 0 atom stereocenters. The Morgan fingerprint density at radius 3 is 2.50 bits per heavy atom. The average Bonchev–Trinajstić information content (AvgIpc) is 2.17. The Hall–Kier alpha value is -0.860. The highest BCUT2D eigenvalue weighted by Crippen LogP contribution is 1.77. The Morgan fingerprint density at radius 2 is 2.38 bits per heavy atom. The van der Waals surface area contributed by atoms with Crippen LogP contribution in [0.15, 0.2) is 0 Å². The van der Waals surface area contributed by atoms with E-state index in [0.29, 0.717) is 0 Å². The third kappa shape index (κ3) is 5.14. The van der Waals surface area contributed by atoms with Crippen LogP contribution in [0.1, 0.15) is 12.8 Å². The van der Waals surface area contributed by atoms with Crippen LogP contribution in [0.3, 0.4) is 0 Å². The summed E-state index contributed by atoms with van der Waals surface area (Å²) < 4.78 is 0. The first-order valence-electron chi connectivity index (χ1n) is 2.54. The first-order valence-corrected chi connectivity index (χ1v) is 2.54.